The number of nitrogens with one attached hydrogen (secondary N) is 2. The van der Waals surface area contributed by atoms with Crippen molar-refractivity contribution in [2.45, 2.75) is 18.9 Å². The van der Waals surface area contributed by atoms with Crippen molar-refractivity contribution in [3.63, 3.8) is 0 Å². The Morgan fingerprint density at radius 3 is 2.93 bits per heavy atom. The minimum absolute atomic E-state index is 0.249. The molecule has 1 amide bonds. The van der Waals surface area contributed by atoms with Gasteiger partial charge in [0.15, 0.2) is 0 Å². The molecule has 1 saturated heterocycles. The molecule has 4 rings (SSSR count). The number of nitrogens with zero attached hydrogens (tertiary/aromatic N) is 4. The molecule has 1 unspecified atom stereocenters. The highest BCUT2D eigenvalue weighted by atomic mass is 32.1. The summed E-state index contributed by atoms with van der Waals surface area (Å²) in [5, 5.41) is 14.2. The molecule has 2 aromatic heterocycles. The van der Waals surface area contributed by atoms with Crippen LogP contribution in [0.5, 0.6) is 5.75 Å². The Labute approximate surface area is 172 Å². The maximum absolute atomic E-state index is 12.2. The number of hydrogen-bond acceptors (Lipinski definition) is 8. The Bertz CT molecular complexity index is 948. The third-order valence-electron chi connectivity index (χ3n) is 4.81. The average Bonchev–Trinajstić information content (AvgIpc) is 3.27. The number of anilines is 3. The van der Waals surface area contributed by atoms with E-state index in [2.05, 4.69) is 36.8 Å². The number of amides is 1. The molecule has 1 fully saturated rings. The lowest BCUT2D eigenvalue weighted by atomic mass is 10.0. The maximum atomic E-state index is 12.2. The van der Waals surface area contributed by atoms with E-state index in [-0.39, 0.29) is 11.9 Å². The van der Waals surface area contributed by atoms with E-state index < -0.39 is 0 Å². The molecule has 1 aliphatic rings. The van der Waals surface area contributed by atoms with Gasteiger partial charge in [0.05, 0.1) is 18.4 Å². The number of aromatic nitrogens is 3. The van der Waals surface area contributed by atoms with Crippen molar-refractivity contribution in [3.8, 4) is 5.75 Å². The minimum Gasteiger partial charge on any atom is -0.495 e. The van der Waals surface area contributed by atoms with Gasteiger partial charge in [-0.2, -0.15) is 0 Å². The van der Waals surface area contributed by atoms with Crippen molar-refractivity contribution in [1.29, 1.82) is 0 Å². The van der Waals surface area contributed by atoms with Crippen LogP contribution in [0.3, 0.4) is 0 Å². The lowest BCUT2D eigenvalue weighted by molar-refractivity contribution is 0.102. The number of methoxy groups -OCH3 is 1. The topological polar surface area (TPSA) is 92.3 Å². The van der Waals surface area contributed by atoms with E-state index in [1.54, 1.807) is 24.9 Å². The van der Waals surface area contributed by atoms with Crippen LogP contribution in [0, 0.1) is 0 Å². The number of ether oxygens (including phenoxy) is 1. The standard InChI is InChI=1S/C20H22N6O2S/c1-28-17-7-3-2-6-16(17)26-10-4-5-15(12-26)23-18-9-8-14(11-21-18)19(27)24-20-25-22-13-29-20/h2-3,6-9,11,13,15H,4-5,10,12H2,1H3,(H,21,23)(H,24,25,27). The fourth-order valence-corrected chi connectivity index (χ4v) is 3.86. The van der Waals surface area contributed by atoms with E-state index in [0.717, 1.165) is 43.2 Å². The van der Waals surface area contributed by atoms with E-state index in [1.807, 2.05) is 24.3 Å². The summed E-state index contributed by atoms with van der Waals surface area (Å²) in [5.74, 6) is 1.39. The highest BCUT2D eigenvalue weighted by Crippen LogP contribution is 2.30. The molecule has 29 heavy (non-hydrogen) atoms. The molecule has 0 spiro atoms. The summed E-state index contributed by atoms with van der Waals surface area (Å²) < 4.78 is 5.51. The first-order valence-corrected chi connectivity index (χ1v) is 10.3. The van der Waals surface area contributed by atoms with Crippen LogP contribution in [-0.4, -0.2) is 47.3 Å². The predicted molar refractivity (Wildman–Crippen MR) is 114 cm³/mol. The lowest BCUT2D eigenvalue weighted by Crippen LogP contribution is -2.42. The van der Waals surface area contributed by atoms with Gasteiger partial charge in [0.2, 0.25) is 5.13 Å². The highest BCUT2D eigenvalue weighted by Gasteiger charge is 2.22. The largest absolute Gasteiger partial charge is 0.495 e. The highest BCUT2D eigenvalue weighted by molar-refractivity contribution is 7.13. The predicted octanol–water partition coefficient (Wildman–Crippen LogP) is 3.27. The van der Waals surface area contributed by atoms with Crippen LogP contribution in [0.2, 0.25) is 0 Å². The molecular weight excluding hydrogens is 388 g/mol. The summed E-state index contributed by atoms with van der Waals surface area (Å²) in [7, 11) is 1.70. The van der Waals surface area contributed by atoms with Gasteiger partial charge in [-0.3, -0.25) is 10.1 Å². The number of para-hydroxylation sites is 2. The molecular formula is C20H22N6O2S. The van der Waals surface area contributed by atoms with Gasteiger partial charge in [-0.15, -0.1) is 10.2 Å². The number of carbonyl (C=O) groups is 1. The third-order valence-corrected chi connectivity index (χ3v) is 5.41. The van der Waals surface area contributed by atoms with Gasteiger partial charge in [0, 0.05) is 25.3 Å². The maximum Gasteiger partial charge on any atom is 0.259 e. The molecule has 1 aromatic carbocycles. The van der Waals surface area contributed by atoms with Crippen molar-refractivity contribution in [1.82, 2.24) is 15.2 Å². The van der Waals surface area contributed by atoms with E-state index in [1.165, 1.54) is 11.3 Å². The lowest BCUT2D eigenvalue weighted by Gasteiger charge is -2.35. The fourth-order valence-electron chi connectivity index (χ4n) is 3.42. The molecule has 0 radical (unpaired) electrons. The molecule has 1 atom stereocenters. The molecule has 0 aliphatic carbocycles. The summed E-state index contributed by atoms with van der Waals surface area (Å²) in [4.78, 5) is 19.0. The Morgan fingerprint density at radius 1 is 1.28 bits per heavy atom. The van der Waals surface area contributed by atoms with Gasteiger partial charge in [-0.05, 0) is 37.1 Å². The Hall–Kier alpha value is -3.20. The van der Waals surface area contributed by atoms with Crippen LogP contribution in [0.25, 0.3) is 0 Å². The van der Waals surface area contributed by atoms with Crippen molar-refractivity contribution < 1.29 is 9.53 Å². The molecule has 0 saturated carbocycles. The zero-order valence-corrected chi connectivity index (χ0v) is 16.9. The summed E-state index contributed by atoms with van der Waals surface area (Å²) in [6.45, 7) is 1.86. The molecule has 2 N–H and O–H groups in total. The normalized spacial score (nSPS) is 16.3. The first-order chi connectivity index (χ1) is 14.2. The Balaban J connectivity index is 1.38. The average molecular weight is 411 g/mol. The number of carbonyl (C=O) groups excluding carboxylic acids is 1. The zero-order chi connectivity index (χ0) is 20.1. The Morgan fingerprint density at radius 2 is 2.17 bits per heavy atom. The zero-order valence-electron chi connectivity index (χ0n) is 16.0. The number of benzene rings is 1. The number of rotatable bonds is 6. The number of pyridine rings is 1. The monoisotopic (exact) mass is 410 g/mol. The van der Waals surface area contributed by atoms with Crippen LogP contribution in [0.4, 0.5) is 16.6 Å². The second-order valence-electron chi connectivity index (χ2n) is 6.73. The number of hydrogen-bond donors (Lipinski definition) is 2. The number of piperidine rings is 1. The second-order valence-corrected chi connectivity index (χ2v) is 7.56. The van der Waals surface area contributed by atoms with Crippen LogP contribution >= 0.6 is 11.3 Å². The van der Waals surface area contributed by atoms with Gasteiger partial charge >= 0.3 is 0 Å². The van der Waals surface area contributed by atoms with E-state index in [4.69, 9.17) is 4.74 Å². The Kier molecular flexibility index (Phi) is 5.85. The molecule has 3 aromatic rings. The summed E-state index contributed by atoms with van der Waals surface area (Å²) in [6, 6.07) is 11.9. The van der Waals surface area contributed by atoms with Crippen molar-refractivity contribution in [2.24, 2.45) is 0 Å². The van der Waals surface area contributed by atoms with Crippen LogP contribution in [0.1, 0.15) is 23.2 Å². The van der Waals surface area contributed by atoms with E-state index in [9.17, 15) is 4.79 Å². The molecule has 3 heterocycles. The molecule has 0 bridgehead atoms. The van der Waals surface area contributed by atoms with Crippen molar-refractivity contribution in [2.75, 3.05) is 35.7 Å². The van der Waals surface area contributed by atoms with Gasteiger partial charge in [-0.25, -0.2) is 4.98 Å². The molecule has 1 aliphatic heterocycles. The minimum atomic E-state index is -0.249. The van der Waals surface area contributed by atoms with Crippen molar-refractivity contribution in [3.05, 3.63) is 53.7 Å². The van der Waals surface area contributed by atoms with Gasteiger partial charge < -0.3 is 15.0 Å². The smallest absolute Gasteiger partial charge is 0.259 e. The summed E-state index contributed by atoms with van der Waals surface area (Å²) >= 11 is 1.27. The van der Waals surface area contributed by atoms with Crippen molar-refractivity contribution >= 4 is 33.9 Å². The third kappa shape index (κ3) is 4.62. The quantitative estimate of drug-likeness (QED) is 0.644. The molecule has 8 nitrogen and oxygen atoms in total. The van der Waals surface area contributed by atoms with Gasteiger partial charge in [0.25, 0.3) is 5.91 Å². The molecule has 150 valence electrons. The first-order valence-electron chi connectivity index (χ1n) is 9.41. The SMILES string of the molecule is COc1ccccc1N1CCCC(Nc2ccc(C(=O)Nc3nncs3)cn2)C1. The first kappa shape index (κ1) is 19.1. The molecule has 9 heteroatoms. The summed E-state index contributed by atoms with van der Waals surface area (Å²) in [6.07, 6.45) is 3.71. The second kappa shape index (κ2) is 8.87. The van der Waals surface area contributed by atoms with Gasteiger partial charge in [-0.1, -0.05) is 23.5 Å². The van der Waals surface area contributed by atoms with Crippen LogP contribution in [-0.2, 0) is 0 Å². The van der Waals surface area contributed by atoms with Gasteiger partial charge in [0.1, 0.15) is 17.1 Å². The van der Waals surface area contributed by atoms with E-state index in [0.29, 0.717) is 10.7 Å². The summed E-state index contributed by atoms with van der Waals surface area (Å²) in [5.41, 5.74) is 3.16. The fraction of sp³-hybridized carbons (Fsp3) is 0.300. The van der Waals surface area contributed by atoms with Crippen LogP contribution in [0.15, 0.2) is 48.1 Å². The van der Waals surface area contributed by atoms with Crippen LogP contribution < -0.4 is 20.3 Å². The van der Waals surface area contributed by atoms with E-state index >= 15 is 0 Å².